The number of aryl methyl sites for hydroxylation is 5. The van der Waals surface area contributed by atoms with Crippen LogP contribution >= 0.6 is 11.3 Å². The van der Waals surface area contributed by atoms with Crippen molar-refractivity contribution in [3.63, 3.8) is 0 Å². The van der Waals surface area contributed by atoms with E-state index in [2.05, 4.69) is 19.7 Å². The van der Waals surface area contributed by atoms with Gasteiger partial charge in [0.25, 0.3) is 20.0 Å². The number of sulfonamides is 2. The molecule has 0 spiro atoms. The standard InChI is InChI=1S/C25H21NO4S.C21H21N3O5S2/c27-25(28)22-9-3-5-18(15-22)11-12-19-6-4-10-23(16-19)26-31(29,30)24-14-13-20-7-1-2-8-21(20)17-24;1-13-20(30-21(22-13)23-14(2)25)31(28,29)24-18-8-4-6-16(12-18)10-9-15-5-3-7-17(11-15)19(26)27/h1-10,13-17,26H,11-12H2,(H,27,28);3-8,11-12,24H,9-10H2,1-2H3,(H,26,27)(H,22,23,25). The van der Waals surface area contributed by atoms with Crippen molar-refractivity contribution in [2.45, 2.75) is 48.6 Å². The van der Waals surface area contributed by atoms with Crippen molar-refractivity contribution in [1.29, 1.82) is 0 Å². The molecule has 0 atom stereocenters. The second-order valence-electron chi connectivity index (χ2n) is 14.2. The Hall–Kier alpha value is -6.88. The van der Waals surface area contributed by atoms with Crippen molar-refractivity contribution in [2.24, 2.45) is 0 Å². The number of hydrogen-bond acceptors (Lipinski definition) is 9. The average molecular weight is 891 g/mol. The molecule has 0 aliphatic heterocycles. The second-order valence-corrected chi connectivity index (χ2v) is 18.8. The third-order valence-corrected chi connectivity index (χ3v) is 13.9. The highest BCUT2D eigenvalue weighted by molar-refractivity contribution is 7.94. The molecule has 0 saturated heterocycles. The monoisotopic (exact) mass is 890 g/mol. The maximum atomic E-state index is 12.9. The van der Waals surface area contributed by atoms with E-state index >= 15 is 0 Å². The van der Waals surface area contributed by atoms with Gasteiger partial charge in [-0.2, -0.15) is 0 Å². The first-order valence-corrected chi connectivity index (χ1v) is 22.9. The largest absolute Gasteiger partial charge is 0.478 e. The number of aromatic nitrogens is 1. The van der Waals surface area contributed by atoms with E-state index in [-0.39, 0.29) is 31.3 Å². The average Bonchev–Trinajstić information content (AvgIpc) is 3.62. The van der Waals surface area contributed by atoms with Gasteiger partial charge in [0.15, 0.2) is 9.34 Å². The van der Waals surface area contributed by atoms with Crippen LogP contribution in [0.4, 0.5) is 16.5 Å². The highest BCUT2D eigenvalue weighted by atomic mass is 32.2. The van der Waals surface area contributed by atoms with Crippen LogP contribution in [0.25, 0.3) is 10.8 Å². The molecule has 16 heteroatoms. The molecule has 62 heavy (non-hydrogen) atoms. The van der Waals surface area contributed by atoms with Crippen molar-refractivity contribution < 1.29 is 41.4 Å². The fourth-order valence-corrected chi connectivity index (χ4v) is 10.1. The maximum absolute atomic E-state index is 12.9. The fourth-order valence-electron chi connectivity index (χ4n) is 6.46. The van der Waals surface area contributed by atoms with Gasteiger partial charge in [-0.3, -0.25) is 14.2 Å². The number of aromatic carboxylic acids is 2. The molecule has 1 amide bonds. The van der Waals surface area contributed by atoms with E-state index < -0.39 is 32.0 Å². The van der Waals surface area contributed by atoms with Crippen LogP contribution in [-0.4, -0.2) is 49.9 Å². The Morgan fingerprint density at radius 2 is 1.03 bits per heavy atom. The van der Waals surface area contributed by atoms with E-state index in [1.165, 1.54) is 6.92 Å². The van der Waals surface area contributed by atoms with Crippen LogP contribution < -0.4 is 14.8 Å². The molecule has 0 aliphatic carbocycles. The Labute approximate surface area is 363 Å². The minimum Gasteiger partial charge on any atom is -0.478 e. The Kier molecular flexibility index (Phi) is 14.2. The minimum atomic E-state index is -3.87. The van der Waals surface area contributed by atoms with Crippen LogP contribution in [0.2, 0.25) is 0 Å². The van der Waals surface area contributed by atoms with Gasteiger partial charge in [0.1, 0.15) is 0 Å². The number of benzene rings is 6. The van der Waals surface area contributed by atoms with Crippen LogP contribution in [-0.2, 0) is 50.5 Å². The van der Waals surface area contributed by atoms with Crippen molar-refractivity contribution in [1.82, 2.24) is 4.98 Å². The molecular formula is C46H42N4O9S3. The summed E-state index contributed by atoms with van der Waals surface area (Å²) >= 11 is 0.888. The van der Waals surface area contributed by atoms with Crippen molar-refractivity contribution in [2.75, 3.05) is 14.8 Å². The van der Waals surface area contributed by atoms with Gasteiger partial charge < -0.3 is 15.5 Å². The number of carboxylic acids is 2. The first-order valence-electron chi connectivity index (χ1n) is 19.2. The summed E-state index contributed by atoms with van der Waals surface area (Å²) in [5.74, 6) is -2.25. The number of fused-ring (bicyclic) bond motifs is 1. The van der Waals surface area contributed by atoms with Gasteiger partial charge in [-0.05, 0) is 126 Å². The molecule has 5 N–H and O–H groups in total. The van der Waals surface area contributed by atoms with E-state index in [1.54, 1.807) is 97.9 Å². The van der Waals surface area contributed by atoms with Crippen molar-refractivity contribution >= 4 is 76.5 Å². The zero-order chi connectivity index (χ0) is 44.4. The molecule has 318 valence electrons. The Bertz CT molecular complexity index is 3000. The molecule has 0 saturated carbocycles. The van der Waals surface area contributed by atoms with Gasteiger partial charge >= 0.3 is 11.9 Å². The normalized spacial score (nSPS) is 11.3. The number of rotatable bonds is 15. The smallest absolute Gasteiger partial charge is 0.335 e. The fraction of sp³-hybridized carbons (Fsp3) is 0.130. The molecule has 0 fully saturated rings. The summed E-state index contributed by atoms with van der Waals surface area (Å²) in [5, 5.41) is 22.8. The first-order chi connectivity index (χ1) is 29.5. The number of carboxylic acid groups (broad SMARTS) is 2. The van der Waals surface area contributed by atoms with Gasteiger partial charge in [0, 0.05) is 18.3 Å². The van der Waals surface area contributed by atoms with Crippen molar-refractivity contribution in [3.05, 3.63) is 179 Å². The van der Waals surface area contributed by atoms with E-state index in [0.717, 1.165) is 44.4 Å². The number of amides is 1. The van der Waals surface area contributed by atoms with Gasteiger partial charge in [-0.25, -0.2) is 31.4 Å². The lowest BCUT2D eigenvalue weighted by Gasteiger charge is -2.11. The molecule has 0 unspecified atom stereocenters. The van der Waals surface area contributed by atoms with Crippen LogP contribution in [0, 0.1) is 6.92 Å². The summed E-state index contributed by atoms with van der Waals surface area (Å²) in [6.45, 7) is 2.89. The van der Waals surface area contributed by atoms with Crippen LogP contribution in [0.3, 0.4) is 0 Å². The van der Waals surface area contributed by atoms with Crippen LogP contribution in [0.15, 0.2) is 149 Å². The first kappa shape index (κ1) is 44.7. The zero-order valence-electron chi connectivity index (χ0n) is 33.5. The number of carbonyl (C=O) groups is 3. The van der Waals surface area contributed by atoms with E-state index in [1.807, 2.05) is 48.5 Å². The molecule has 0 aliphatic rings. The van der Waals surface area contributed by atoms with E-state index in [4.69, 9.17) is 10.2 Å². The Morgan fingerprint density at radius 1 is 0.565 bits per heavy atom. The topological polar surface area (TPSA) is 209 Å². The summed E-state index contributed by atoms with van der Waals surface area (Å²) in [7, 11) is -7.59. The molecule has 0 radical (unpaired) electrons. The van der Waals surface area contributed by atoms with Crippen LogP contribution in [0.1, 0.15) is 55.6 Å². The predicted molar refractivity (Wildman–Crippen MR) is 241 cm³/mol. The van der Waals surface area contributed by atoms with E-state index in [0.29, 0.717) is 42.8 Å². The number of thiazole rings is 1. The number of anilines is 3. The highest BCUT2D eigenvalue weighted by Crippen LogP contribution is 2.29. The summed E-state index contributed by atoms with van der Waals surface area (Å²) in [4.78, 5) is 37.7. The number of nitrogens with one attached hydrogen (secondary N) is 3. The summed E-state index contributed by atoms with van der Waals surface area (Å²) in [6, 6.07) is 40.5. The maximum Gasteiger partial charge on any atom is 0.335 e. The van der Waals surface area contributed by atoms with Gasteiger partial charge in [-0.1, -0.05) is 90.2 Å². The zero-order valence-corrected chi connectivity index (χ0v) is 36.0. The SMILES string of the molecule is CC(=O)Nc1nc(C)c(S(=O)(=O)Nc2cccc(CCc3cccc(C(=O)O)c3)c2)s1.O=C(O)c1cccc(CCc2cccc(NS(=O)(=O)c3ccc4ccccc4c3)c2)c1. The highest BCUT2D eigenvalue weighted by Gasteiger charge is 2.23. The molecule has 1 aromatic heterocycles. The third kappa shape index (κ3) is 12.1. The lowest BCUT2D eigenvalue weighted by molar-refractivity contribution is -0.114. The summed E-state index contributed by atoms with van der Waals surface area (Å²) in [6.07, 6.45) is 2.55. The van der Waals surface area contributed by atoms with Gasteiger partial charge in [0.2, 0.25) is 5.91 Å². The van der Waals surface area contributed by atoms with Crippen molar-refractivity contribution in [3.8, 4) is 0 Å². The summed E-state index contributed by atoms with van der Waals surface area (Å²) < 4.78 is 56.6. The lowest BCUT2D eigenvalue weighted by Crippen LogP contribution is -2.13. The molecule has 1 heterocycles. The molecule has 7 rings (SSSR count). The molecule has 0 bridgehead atoms. The predicted octanol–water partition coefficient (Wildman–Crippen LogP) is 8.82. The second kappa shape index (κ2) is 19.7. The number of hydrogen-bond donors (Lipinski definition) is 5. The summed E-state index contributed by atoms with van der Waals surface area (Å²) in [5.41, 5.74) is 5.36. The number of nitrogens with zero attached hydrogens (tertiary/aromatic N) is 1. The Balaban J connectivity index is 0.000000207. The van der Waals surface area contributed by atoms with E-state index in [9.17, 15) is 31.2 Å². The van der Waals surface area contributed by atoms with Crippen LogP contribution in [0.5, 0.6) is 0 Å². The molecular weight excluding hydrogens is 849 g/mol. The molecule has 6 aromatic carbocycles. The van der Waals surface area contributed by atoms with Gasteiger partial charge in [0.05, 0.1) is 21.7 Å². The third-order valence-electron chi connectivity index (χ3n) is 9.42. The molecule has 7 aromatic rings. The van der Waals surface area contributed by atoms with Gasteiger partial charge in [-0.15, -0.1) is 0 Å². The lowest BCUT2D eigenvalue weighted by atomic mass is 10.0. The number of carbonyl (C=O) groups excluding carboxylic acids is 1. The quantitative estimate of drug-likeness (QED) is 0.0661. The Morgan fingerprint density at radius 3 is 1.53 bits per heavy atom. The molecule has 13 nitrogen and oxygen atoms in total. The minimum absolute atomic E-state index is 0.0344.